The molecule has 0 aliphatic rings. The van der Waals surface area contributed by atoms with Crippen molar-refractivity contribution in [1.29, 1.82) is 0 Å². The van der Waals surface area contributed by atoms with Crippen LogP contribution >= 0.6 is 0 Å². The van der Waals surface area contributed by atoms with Gasteiger partial charge in [0.05, 0.1) is 23.4 Å². The van der Waals surface area contributed by atoms with E-state index >= 15 is 0 Å². The number of anilines is 1. The molecule has 4 N–H and O–H groups in total. The molecule has 0 aromatic heterocycles. The van der Waals surface area contributed by atoms with Gasteiger partial charge in [-0.25, -0.2) is 8.78 Å². The molecule has 0 fully saturated rings. The zero-order valence-corrected chi connectivity index (χ0v) is 10.3. The van der Waals surface area contributed by atoms with Gasteiger partial charge >= 0.3 is 0 Å². The molecular formula is C12H16F2N2O2. The highest BCUT2D eigenvalue weighted by molar-refractivity contribution is 5.95. The van der Waals surface area contributed by atoms with E-state index in [0.717, 1.165) is 6.07 Å². The predicted molar refractivity (Wildman–Crippen MR) is 64.0 cm³/mol. The normalized spacial score (nSPS) is 14.1. The Bertz CT molecular complexity index is 460. The molecule has 4 nitrogen and oxygen atoms in total. The van der Waals surface area contributed by atoms with Gasteiger partial charge in [0.1, 0.15) is 11.6 Å². The van der Waals surface area contributed by atoms with E-state index < -0.39 is 23.1 Å². The molecule has 0 radical (unpaired) electrons. The van der Waals surface area contributed by atoms with Gasteiger partial charge in [0, 0.05) is 6.07 Å². The average Bonchev–Trinajstić information content (AvgIpc) is 2.33. The molecule has 18 heavy (non-hydrogen) atoms. The number of nitrogens with two attached hydrogens (primary N) is 1. The summed E-state index contributed by atoms with van der Waals surface area (Å²) in [5, 5.41) is 11.6. The number of nitrogens with one attached hydrogen (secondary N) is 1. The number of amides is 1. The van der Waals surface area contributed by atoms with Gasteiger partial charge < -0.3 is 16.2 Å². The third-order valence-corrected chi connectivity index (χ3v) is 2.88. The number of hydrogen-bond donors (Lipinski definition) is 3. The molecule has 1 aromatic carbocycles. The molecule has 1 atom stereocenters. The molecule has 0 bridgehead atoms. The van der Waals surface area contributed by atoms with E-state index in [1.165, 1.54) is 0 Å². The van der Waals surface area contributed by atoms with Crippen LogP contribution in [0.3, 0.4) is 0 Å². The van der Waals surface area contributed by atoms with Crippen LogP contribution in [0.1, 0.15) is 30.6 Å². The fraction of sp³-hybridized carbons (Fsp3) is 0.417. The molecule has 0 aliphatic heterocycles. The van der Waals surface area contributed by atoms with Crippen molar-refractivity contribution in [3.05, 3.63) is 29.3 Å². The molecule has 0 aliphatic carbocycles. The zero-order valence-electron chi connectivity index (χ0n) is 10.3. The summed E-state index contributed by atoms with van der Waals surface area (Å²) >= 11 is 0. The van der Waals surface area contributed by atoms with Crippen LogP contribution in [0.5, 0.6) is 0 Å². The van der Waals surface area contributed by atoms with Crippen LogP contribution in [0, 0.1) is 11.6 Å². The summed E-state index contributed by atoms with van der Waals surface area (Å²) in [6, 6.07) is 1.50. The van der Waals surface area contributed by atoms with E-state index in [1.54, 1.807) is 13.8 Å². The number of carbonyl (C=O) groups is 1. The van der Waals surface area contributed by atoms with E-state index in [9.17, 15) is 13.6 Å². The summed E-state index contributed by atoms with van der Waals surface area (Å²) in [6.07, 6.45) is 0.466. The van der Waals surface area contributed by atoms with Crippen molar-refractivity contribution in [2.75, 3.05) is 12.3 Å². The first-order valence-corrected chi connectivity index (χ1v) is 5.51. The highest BCUT2D eigenvalue weighted by Gasteiger charge is 2.25. The fourth-order valence-electron chi connectivity index (χ4n) is 1.32. The predicted octanol–water partition coefficient (Wildman–Crippen LogP) is 1.44. The van der Waals surface area contributed by atoms with E-state index in [4.69, 9.17) is 10.8 Å². The Kier molecular flexibility index (Phi) is 4.24. The van der Waals surface area contributed by atoms with Crippen molar-refractivity contribution >= 4 is 11.6 Å². The summed E-state index contributed by atoms with van der Waals surface area (Å²) < 4.78 is 26.4. The third kappa shape index (κ3) is 2.95. The van der Waals surface area contributed by atoms with Crippen molar-refractivity contribution in [3.8, 4) is 0 Å². The Morgan fingerprint density at radius 1 is 1.44 bits per heavy atom. The maximum Gasteiger partial charge on any atom is 0.254 e. The van der Waals surface area contributed by atoms with Gasteiger partial charge in [-0.1, -0.05) is 6.92 Å². The van der Waals surface area contributed by atoms with Crippen LogP contribution in [0.2, 0.25) is 0 Å². The Morgan fingerprint density at radius 3 is 2.56 bits per heavy atom. The minimum atomic E-state index is -0.990. The number of carbonyl (C=O) groups excluding carboxylic acids is 1. The number of nitrogen functional groups attached to an aromatic ring is 1. The van der Waals surface area contributed by atoms with Gasteiger partial charge in [0.25, 0.3) is 5.91 Å². The second-order valence-electron chi connectivity index (χ2n) is 4.38. The Morgan fingerprint density at radius 2 is 2.06 bits per heavy atom. The first kappa shape index (κ1) is 14.4. The number of aliphatic hydroxyl groups excluding tert-OH is 1. The van der Waals surface area contributed by atoms with Crippen molar-refractivity contribution in [1.82, 2.24) is 5.32 Å². The molecular weight excluding hydrogens is 242 g/mol. The average molecular weight is 258 g/mol. The van der Waals surface area contributed by atoms with Crippen LogP contribution in [0.25, 0.3) is 0 Å². The molecule has 100 valence electrons. The van der Waals surface area contributed by atoms with Gasteiger partial charge in [-0.2, -0.15) is 0 Å². The van der Waals surface area contributed by atoms with E-state index in [-0.39, 0.29) is 17.9 Å². The minimum absolute atomic E-state index is 0.284. The number of benzene rings is 1. The molecule has 6 heteroatoms. The molecule has 1 rings (SSSR count). The van der Waals surface area contributed by atoms with Crippen molar-refractivity contribution < 1.29 is 18.7 Å². The number of aliphatic hydroxyl groups is 1. The molecule has 0 saturated heterocycles. The summed E-state index contributed by atoms with van der Waals surface area (Å²) in [6.45, 7) is 3.11. The highest BCUT2D eigenvalue weighted by Crippen LogP contribution is 2.18. The lowest BCUT2D eigenvalue weighted by molar-refractivity contribution is 0.0843. The van der Waals surface area contributed by atoms with E-state index in [0.29, 0.717) is 12.5 Å². The number of rotatable bonds is 4. The first-order valence-electron chi connectivity index (χ1n) is 5.51. The van der Waals surface area contributed by atoms with Crippen molar-refractivity contribution in [3.63, 3.8) is 0 Å². The molecule has 1 amide bonds. The summed E-state index contributed by atoms with van der Waals surface area (Å²) in [5.74, 6) is -2.64. The lowest BCUT2D eigenvalue weighted by Gasteiger charge is -2.27. The third-order valence-electron chi connectivity index (χ3n) is 2.88. The molecule has 0 saturated carbocycles. The van der Waals surface area contributed by atoms with Crippen molar-refractivity contribution in [2.24, 2.45) is 0 Å². The summed E-state index contributed by atoms with van der Waals surface area (Å²) in [4.78, 5) is 11.8. The van der Waals surface area contributed by atoms with Crippen LogP contribution in [0.4, 0.5) is 14.5 Å². The summed E-state index contributed by atoms with van der Waals surface area (Å²) in [7, 11) is 0. The first-order chi connectivity index (χ1) is 8.33. The number of hydrogen-bond acceptors (Lipinski definition) is 3. The van der Waals surface area contributed by atoms with Gasteiger partial charge in [-0.05, 0) is 19.4 Å². The SMILES string of the molecule is CCC(C)(CO)NC(=O)c1cc(N)c(F)cc1F. The molecule has 1 unspecified atom stereocenters. The smallest absolute Gasteiger partial charge is 0.254 e. The second-order valence-corrected chi connectivity index (χ2v) is 4.38. The molecule has 1 aromatic rings. The van der Waals surface area contributed by atoms with Crippen LogP contribution in [-0.4, -0.2) is 23.2 Å². The second kappa shape index (κ2) is 5.30. The Balaban J connectivity index is 3.01. The maximum atomic E-state index is 13.4. The summed E-state index contributed by atoms with van der Waals surface area (Å²) in [5.41, 5.74) is 3.78. The van der Waals surface area contributed by atoms with E-state index in [2.05, 4.69) is 5.32 Å². The van der Waals surface area contributed by atoms with Crippen LogP contribution < -0.4 is 11.1 Å². The van der Waals surface area contributed by atoms with E-state index in [1.807, 2.05) is 0 Å². The van der Waals surface area contributed by atoms with Gasteiger partial charge in [0.15, 0.2) is 0 Å². The van der Waals surface area contributed by atoms with Crippen LogP contribution in [0.15, 0.2) is 12.1 Å². The van der Waals surface area contributed by atoms with Crippen LogP contribution in [-0.2, 0) is 0 Å². The lowest BCUT2D eigenvalue weighted by atomic mass is 9.99. The molecule has 0 heterocycles. The number of halogens is 2. The fourth-order valence-corrected chi connectivity index (χ4v) is 1.32. The lowest BCUT2D eigenvalue weighted by Crippen LogP contribution is -2.48. The van der Waals surface area contributed by atoms with Crippen molar-refractivity contribution in [2.45, 2.75) is 25.8 Å². The Hall–Kier alpha value is -1.69. The zero-order chi connectivity index (χ0) is 13.9. The maximum absolute atomic E-state index is 13.4. The monoisotopic (exact) mass is 258 g/mol. The Labute approximate surface area is 104 Å². The van der Waals surface area contributed by atoms with Gasteiger partial charge in [-0.15, -0.1) is 0 Å². The highest BCUT2D eigenvalue weighted by atomic mass is 19.1. The largest absolute Gasteiger partial charge is 0.396 e. The van der Waals surface area contributed by atoms with Gasteiger partial charge in [0.2, 0.25) is 0 Å². The quantitative estimate of drug-likeness (QED) is 0.715. The standard InChI is InChI=1S/C12H16F2N2O2/c1-3-12(2,6-17)16-11(18)7-4-10(15)9(14)5-8(7)13/h4-5,17H,3,6,15H2,1-2H3,(H,16,18). The topological polar surface area (TPSA) is 75.3 Å². The van der Waals surface area contributed by atoms with Gasteiger partial charge in [-0.3, -0.25) is 4.79 Å². The molecule has 0 spiro atoms. The minimum Gasteiger partial charge on any atom is -0.396 e.